The van der Waals surface area contributed by atoms with E-state index < -0.39 is 0 Å². The molecule has 1 spiro atoms. The molecule has 1 aromatic carbocycles. The summed E-state index contributed by atoms with van der Waals surface area (Å²) in [4.78, 5) is 41.0. The Morgan fingerprint density at radius 2 is 1.86 bits per heavy atom. The fraction of sp³-hybridized carbons (Fsp3) is 0.571. The van der Waals surface area contributed by atoms with Crippen LogP contribution in [0.2, 0.25) is 0 Å². The maximum Gasteiger partial charge on any atom is 0.321 e. The van der Waals surface area contributed by atoms with Gasteiger partial charge in [-0.25, -0.2) is 4.79 Å². The molecule has 0 bridgehead atoms. The number of carbonyl (C=O) groups is 2. The van der Waals surface area contributed by atoms with E-state index in [-0.39, 0.29) is 29.6 Å². The number of benzene rings is 1. The molecule has 2 saturated carbocycles. The zero-order valence-electron chi connectivity index (χ0n) is 21.5. The highest BCUT2D eigenvalue weighted by atomic mass is 16.2. The van der Waals surface area contributed by atoms with E-state index >= 15 is 0 Å². The van der Waals surface area contributed by atoms with Crippen molar-refractivity contribution >= 4 is 11.9 Å². The van der Waals surface area contributed by atoms with Crippen molar-refractivity contribution in [2.45, 2.75) is 62.6 Å². The molecule has 2 aliphatic carbocycles. The summed E-state index contributed by atoms with van der Waals surface area (Å²) in [7, 11) is 4.34. The van der Waals surface area contributed by atoms with E-state index in [1.807, 2.05) is 0 Å². The van der Waals surface area contributed by atoms with E-state index in [0.29, 0.717) is 24.7 Å². The van der Waals surface area contributed by atoms with Gasteiger partial charge < -0.3 is 15.1 Å². The van der Waals surface area contributed by atoms with Crippen LogP contribution >= 0.6 is 0 Å². The highest BCUT2D eigenvalue weighted by molar-refractivity contribution is 5.86. The fourth-order valence-corrected chi connectivity index (χ4v) is 6.35. The van der Waals surface area contributed by atoms with Crippen molar-refractivity contribution in [2.75, 3.05) is 33.7 Å². The molecule has 192 valence electrons. The lowest BCUT2D eigenvalue weighted by Crippen LogP contribution is -2.56. The molecule has 0 radical (unpaired) electrons. The first-order valence-corrected chi connectivity index (χ1v) is 13.2. The van der Waals surface area contributed by atoms with Crippen LogP contribution < -0.4 is 5.32 Å². The summed E-state index contributed by atoms with van der Waals surface area (Å²) < 4.78 is 0. The Morgan fingerprint density at radius 3 is 2.47 bits per heavy atom. The van der Waals surface area contributed by atoms with Crippen LogP contribution in [0.15, 0.2) is 48.9 Å². The Labute approximate surface area is 214 Å². The fourth-order valence-electron chi connectivity index (χ4n) is 6.35. The Hall–Kier alpha value is -3.00. The Balaban J connectivity index is 1.30. The number of carbonyl (C=O) groups excluding carboxylic acids is 2. The minimum Gasteiger partial charge on any atom is -0.349 e. The minimum absolute atomic E-state index is 0.0219. The Bertz CT molecular complexity index is 1050. The molecule has 0 atom stereocenters. The van der Waals surface area contributed by atoms with Crippen LogP contribution in [0.3, 0.4) is 0 Å². The standard InChI is InChI=1S/C28H38N6O2/c1-32(2)28(23-9-4-3-5-10-23)13-11-27(12-14-28)21-33(26(36)34(27)19-22-7-6-8-22)20-25(35)31-18-24-17-29-15-16-30-24/h3-5,9-10,15-17,22H,6-8,11-14,18-21H2,1-2H3,(H,31,35). The lowest BCUT2D eigenvalue weighted by atomic mass is 9.68. The molecule has 2 aromatic rings. The highest BCUT2D eigenvalue weighted by Crippen LogP contribution is 2.49. The summed E-state index contributed by atoms with van der Waals surface area (Å²) in [5, 5.41) is 2.90. The number of rotatable bonds is 8. The smallest absolute Gasteiger partial charge is 0.321 e. The van der Waals surface area contributed by atoms with Crippen molar-refractivity contribution < 1.29 is 9.59 Å². The van der Waals surface area contributed by atoms with Crippen LogP contribution in [0.1, 0.15) is 56.2 Å². The van der Waals surface area contributed by atoms with Gasteiger partial charge in [0.1, 0.15) is 6.54 Å². The monoisotopic (exact) mass is 490 g/mol. The van der Waals surface area contributed by atoms with Gasteiger partial charge in [-0.15, -0.1) is 0 Å². The summed E-state index contributed by atoms with van der Waals surface area (Å²) in [6, 6.07) is 10.8. The van der Waals surface area contributed by atoms with Gasteiger partial charge in [-0.2, -0.15) is 0 Å². The van der Waals surface area contributed by atoms with Crippen molar-refractivity contribution in [1.82, 2.24) is 30.0 Å². The lowest BCUT2D eigenvalue weighted by Gasteiger charge is -2.51. The van der Waals surface area contributed by atoms with E-state index in [2.05, 4.69) is 69.5 Å². The second-order valence-corrected chi connectivity index (χ2v) is 11.0. The average molecular weight is 491 g/mol. The van der Waals surface area contributed by atoms with Crippen molar-refractivity contribution in [1.29, 1.82) is 0 Å². The summed E-state index contributed by atoms with van der Waals surface area (Å²) in [6.45, 7) is 1.83. The number of hydrogen-bond donors (Lipinski definition) is 1. The molecule has 8 heteroatoms. The van der Waals surface area contributed by atoms with E-state index in [0.717, 1.165) is 32.2 Å². The van der Waals surface area contributed by atoms with E-state index in [9.17, 15) is 9.59 Å². The number of hydrogen-bond acceptors (Lipinski definition) is 5. The molecular formula is C28H38N6O2. The van der Waals surface area contributed by atoms with Gasteiger partial charge in [-0.1, -0.05) is 36.8 Å². The van der Waals surface area contributed by atoms with Gasteiger partial charge >= 0.3 is 6.03 Å². The van der Waals surface area contributed by atoms with Gasteiger partial charge in [0.2, 0.25) is 5.91 Å². The van der Waals surface area contributed by atoms with Crippen LogP contribution in [0.4, 0.5) is 4.79 Å². The van der Waals surface area contributed by atoms with Crippen LogP contribution in [0.5, 0.6) is 0 Å². The maximum absolute atomic E-state index is 13.7. The lowest BCUT2D eigenvalue weighted by molar-refractivity contribution is -0.121. The Morgan fingerprint density at radius 1 is 1.11 bits per heavy atom. The maximum atomic E-state index is 13.7. The van der Waals surface area contributed by atoms with Crippen LogP contribution in [-0.2, 0) is 16.9 Å². The van der Waals surface area contributed by atoms with Crippen LogP contribution in [0, 0.1) is 5.92 Å². The largest absolute Gasteiger partial charge is 0.349 e. The average Bonchev–Trinajstić information content (AvgIpc) is 3.11. The summed E-state index contributed by atoms with van der Waals surface area (Å²) in [5.74, 6) is 0.434. The van der Waals surface area contributed by atoms with Gasteiger partial charge in [0.15, 0.2) is 0 Å². The number of amides is 3. The first-order chi connectivity index (χ1) is 17.4. The molecule has 3 amide bonds. The summed E-state index contributed by atoms with van der Waals surface area (Å²) in [5.41, 5.74) is 1.82. The second kappa shape index (κ2) is 10.2. The zero-order chi connectivity index (χ0) is 25.2. The van der Waals surface area contributed by atoms with E-state index in [1.54, 1.807) is 23.5 Å². The molecule has 3 aliphatic rings. The normalized spacial score (nSPS) is 26.5. The third-order valence-electron chi connectivity index (χ3n) is 8.82. The second-order valence-electron chi connectivity index (χ2n) is 11.0. The molecule has 8 nitrogen and oxygen atoms in total. The third-order valence-corrected chi connectivity index (χ3v) is 8.82. The predicted octanol–water partition coefficient (Wildman–Crippen LogP) is 3.40. The molecule has 1 saturated heterocycles. The molecule has 36 heavy (non-hydrogen) atoms. The van der Waals surface area contributed by atoms with Crippen molar-refractivity contribution in [3.05, 3.63) is 60.2 Å². The predicted molar refractivity (Wildman–Crippen MR) is 138 cm³/mol. The SMILES string of the molecule is CN(C)C1(c2ccccc2)CCC2(CC1)CN(CC(=O)NCc1cnccn1)C(=O)N2CC1CCC1. The molecule has 3 fully saturated rings. The van der Waals surface area contributed by atoms with Crippen LogP contribution in [-0.4, -0.2) is 75.9 Å². The molecule has 0 unspecified atom stereocenters. The molecular weight excluding hydrogens is 452 g/mol. The molecule has 1 aliphatic heterocycles. The Kier molecular flexibility index (Phi) is 6.97. The first-order valence-electron chi connectivity index (χ1n) is 13.2. The van der Waals surface area contributed by atoms with Gasteiger partial charge in [-0.05, 0) is 64.1 Å². The van der Waals surface area contributed by atoms with Crippen molar-refractivity contribution in [2.24, 2.45) is 5.92 Å². The summed E-state index contributed by atoms with van der Waals surface area (Å²) >= 11 is 0. The summed E-state index contributed by atoms with van der Waals surface area (Å²) in [6.07, 6.45) is 12.4. The number of urea groups is 1. The van der Waals surface area contributed by atoms with E-state index in [4.69, 9.17) is 0 Å². The minimum atomic E-state index is -0.202. The number of nitrogens with one attached hydrogen (secondary N) is 1. The van der Waals surface area contributed by atoms with Gasteiger partial charge in [-0.3, -0.25) is 19.7 Å². The van der Waals surface area contributed by atoms with E-state index in [1.165, 1.54) is 24.8 Å². The zero-order valence-corrected chi connectivity index (χ0v) is 21.5. The number of aromatic nitrogens is 2. The quantitative estimate of drug-likeness (QED) is 0.613. The third kappa shape index (κ3) is 4.71. The molecule has 5 rings (SSSR count). The molecule has 1 N–H and O–H groups in total. The topological polar surface area (TPSA) is 81.7 Å². The van der Waals surface area contributed by atoms with Gasteiger partial charge in [0.05, 0.1) is 24.0 Å². The first kappa shape index (κ1) is 24.7. The number of nitrogens with zero attached hydrogens (tertiary/aromatic N) is 5. The molecule has 1 aromatic heterocycles. The van der Waals surface area contributed by atoms with Crippen molar-refractivity contribution in [3.8, 4) is 0 Å². The highest BCUT2D eigenvalue weighted by Gasteiger charge is 2.55. The molecule has 2 heterocycles. The van der Waals surface area contributed by atoms with Gasteiger partial charge in [0.25, 0.3) is 0 Å². The van der Waals surface area contributed by atoms with Gasteiger partial charge in [0, 0.05) is 31.0 Å². The van der Waals surface area contributed by atoms with Crippen molar-refractivity contribution in [3.63, 3.8) is 0 Å². The van der Waals surface area contributed by atoms with Crippen LogP contribution in [0.25, 0.3) is 0 Å².